The van der Waals surface area contributed by atoms with Crippen LogP contribution in [0.3, 0.4) is 0 Å². The first-order valence-corrected chi connectivity index (χ1v) is 8.30. The largest absolute Gasteiger partial charge is 0.355 e. The topological polar surface area (TPSA) is 81.8 Å². The number of likely N-dealkylation sites (N-methyl/N-ethyl adjacent to an activating group) is 1. The molecule has 0 aromatic heterocycles. The van der Waals surface area contributed by atoms with Crippen LogP contribution in [0.1, 0.15) is 17.3 Å². The molecule has 3 amide bonds. The van der Waals surface area contributed by atoms with E-state index in [4.69, 9.17) is 0 Å². The summed E-state index contributed by atoms with van der Waals surface area (Å²) in [6.45, 7) is 4.79. The summed E-state index contributed by atoms with van der Waals surface area (Å²) in [5.74, 6) is -1.48. The van der Waals surface area contributed by atoms with Crippen LogP contribution in [-0.2, 0) is 9.59 Å². The fourth-order valence-electron chi connectivity index (χ4n) is 2.62. The lowest BCUT2D eigenvalue weighted by atomic mass is 10.2. The molecule has 25 heavy (non-hydrogen) atoms. The second-order valence-corrected chi connectivity index (χ2v) is 5.77. The molecule has 1 aromatic rings. The lowest BCUT2D eigenvalue weighted by Gasteiger charge is -2.34. The number of hydrogen-bond acceptors (Lipinski definition) is 4. The van der Waals surface area contributed by atoms with E-state index in [1.54, 1.807) is 11.0 Å². The molecule has 1 aromatic carbocycles. The summed E-state index contributed by atoms with van der Waals surface area (Å²) >= 11 is 0. The van der Waals surface area contributed by atoms with Crippen molar-refractivity contribution in [2.45, 2.75) is 6.92 Å². The summed E-state index contributed by atoms with van der Waals surface area (Å²) < 4.78 is 13.5. The fraction of sp³-hybridized carbons (Fsp3) is 0.471. The van der Waals surface area contributed by atoms with Gasteiger partial charge in [-0.2, -0.15) is 0 Å². The number of benzene rings is 1. The molecular formula is C17H23FN4O3. The van der Waals surface area contributed by atoms with Gasteiger partial charge in [0.2, 0.25) is 11.8 Å². The van der Waals surface area contributed by atoms with Crippen molar-refractivity contribution in [1.29, 1.82) is 0 Å². The molecule has 0 aliphatic carbocycles. The lowest BCUT2D eigenvalue weighted by molar-refractivity contribution is -0.132. The molecule has 0 atom stereocenters. The second-order valence-electron chi connectivity index (χ2n) is 5.77. The zero-order valence-electron chi connectivity index (χ0n) is 14.3. The highest BCUT2D eigenvalue weighted by Crippen LogP contribution is 2.06. The highest BCUT2D eigenvalue weighted by atomic mass is 19.1. The van der Waals surface area contributed by atoms with E-state index in [0.717, 1.165) is 0 Å². The molecule has 2 rings (SSSR count). The molecule has 0 saturated carbocycles. The first-order valence-electron chi connectivity index (χ1n) is 8.30. The molecule has 0 radical (unpaired) electrons. The Bertz CT molecular complexity index is 630. The van der Waals surface area contributed by atoms with Crippen LogP contribution in [0.15, 0.2) is 24.3 Å². The molecular weight excluding hydrogens is 327 g/mol. The van der Waals surface area contributed by atoms with Crippen LogP contribution in [0.25, 0.3) is 0 Å². The van der Waals surface area contributed by atoms with Gasteiger partial charge in [-0.15, -0.1) is 0 Å². The Labute approximate surface area is 146 Å². The van der Waals surface area contributed by atoms with Crippen molar-refractivity contribution < 1.29 is 18.8 Å². The predicted octanol–water partition coefficient (Wildman–Crippen LogP) is -0.164. The van der Waals surface area contributed by atoms with Crippen LogP contribution in [-0.4, -0.2) is 73.3 Å². The molecule has 136 valence electrons. The summed E-state index contributed by atoms with van der Waals surface area (Å²) in [6, 6.07) is 5.63. The van der Waals surface area contributed by atoms with E-state index in [1.807, 2.05) is 11.8 Å². The molecule has 1 fully saturated rings. The van der Waals surface area contributed by atoms with Crippen LogP contribution in [0.5, 0.6) is 0 Å². The van der Waals surface area contributed by atoms with Gasteiger partial charge in [-0.1, -0.05) is 12.1 Å². The lowest BCUT2D eigenvalue weighted by Crippen LogP contribution is -2.52. The Morgan fingerprint density at radius 3 is 2.40 bits per heavy atom. The summed E-state index contributed by atoms with van der Waals surface area (Å²) in [6.07, 6.45) is 0. The number of hydrogen-bond donors (Lipinski definition) is 2. The number of halogens is 1. The van der Waals surface area contributed by atoms with E-state index in [9.17, 15) is 18.8 Å². The number of amides is 3. The van der Waals surface area contributed by atoms with Gasteiger partial charge >= 0.3 is 0 Å². The van der Waals surface area contributed by atoms with Crippen LogP contribution in [0, 0.1) is 5.82 Å². The molecule has 0 spiro atoms. The molecule has 2 N–H and O–H groups in total. The third kappa shape index (κ3) is 5.53. The molecule has 1 aliphatic heterocycles. The molecule has 7 nitrogen and oxygen atoms in total. The van der Waals surface area contributed by atoms with Crippen molar-refractivity contribution in [3.05, 3.63) is 35.6 Å². The molecule has 1 aliphatic rings. The van der Waals surface area contributed by atoms with Crippen molar-refractivity contribution in [2.24, 2.45) is 0 Å². The zero-order chi connectivity index (χ0) is 18.2. The predicted molar refractivity (Wildman–Crippen MR) is 90.4 cm³/mol. The van der Waals surface area contributed by atoms with Gasteiger partial charge in [0, 0.05) is 32.7 Å². The highest BCUT2D eigenvalue weighted by molar-refractivity contribution is 5.96. The van der Waals surface area contributed by atoms with Crippen molar-refractivity contribution in [3.63, 3.8) is 0 Å². The van der Waals surface area contributed by atoms with Gasteiger partial charge in [0.25, 0.3) is 5.91 Å². The van der Waals surface area contributed by atoms with Gasteiger partial charge in [0.05, 0.1) is 18.7 Å². The van der Waals surface area contributed by atoms with Crippen molar-refractivity contribution in [1.82, 2.24) is 20.4 Å². The summed E-state index contributed by atoms with van der Waals surface area (Å²) in [7, 11) is 0. The van der Waals surface area contributed by atoms with Crippen LogP contribution in [0.2, 0.25) is 0 Å². The summed E-state index contributed by atoms with van der Waals surface area (Å²) in [5, 5.41) is 5.19. The summed E-state index contributed by atoms with van der Waals surface area (Å²) in [5.41, 5.74) is -0.0814. The highest BCUT2D eigenvalue weighted by Gasteiger charge is 2.22. The number of piperazine rings is 1. The summed E-state index contributed by atoms with van der Waals surface area (Å²) in [4.78, 5) is 39.3. The van der Waals surface area contributed by atoms with Crippen LogP contribution < -0.4 is 10.6 Å². The second kappa shape index (κ2) is 9.12. The number of nitrogens with zero attached hydrogens (tertiary/aromatic N) is 2. The SMILES string of the molecule is CCNC(=O)CN1CCN(C(=O)CNC(=O)c2ccccc2F)CC1. The van der Waals surface area contributed by atoms with E-state index in [1.165, 1.54) is 18.2 Å². The molecule has 1 heterocycles. The number of rotatable bonds is 6. The fourth-order valence-corrected chi connectivity index (χ4v) is 2.62. The Morgan fingerprint density at radius 1 is 1.08 bits per heavy atom. The minimum absolute atomic E-state index is 0.0283. The minimum Gasteiger partial charge on any atom is -0.355 e. The third-order valence-corrected chi connectivity index (χ3v) is 3.98. The Kier molecular flexibility index (Phi) is 6.88. The Hall–Kier alpha value is -2.48. The maximum atomic E-state index is 13.5. The van der Waals surface area contributed by atoms with Gasteiger partial charge in [-0.25, -0.2) is 4.39 Å². The average Bonchev–Trinajstić information content (AvgIpc) is 2.60. The first-order chi connectivity index (χ1) is 12.0. The molecule has 0 unspecified atom stereocenters. The standard InChI is InChI=1S/C17H23FN4O3/c1-2-19-15(23)12-21-7-9-22(10-8-21)16(24)11-20-17(25)13-5-3-4-6-14(13)18/h3-6H,2,7-12H2,1H3,(H,19,23)(H,20,25). The van der Waals surface area contributed by atoms with E-state index < -0.39 is 11.7 Å². The van der Waals surface area contributed by atoms with Gasteiger partial charge in [0.15, 0.2) is 0 Å². The normalized spacial score (nSPS) is 14.9. The van der Waals surface area contributed by atoms with Gasteiger partial charge in [0.1, 0.15) is 5.82 Å². The van der Waals surface area contributed by atoms with E-state index in [2.05, 4.69) is 10.6 Å². The number of carbonyl (C=O) groups excluding carboxylic acids is 3. The van der Waals surface area contributed by atoms with E-state index >= 15 is 0 Å². The van der Waals surface area contributed by atoms with Crippen molar-refractivity contribution >= 4 is 17.7 Å². The van der Waals surface area contributed by atoms with Crippen molar-refractivity contribution in [2.75, 3.05) is 45.8 Å². The molecule has 1 saturated heterocycles. The molecule has 0 bridgehead atoms. The monoisotopic (exact) mass is 350 g/mol. The Balaban J connectivity index is 1.75. The van der Waals surface area contributed by atoms with Crippen LogP contribution >= 0.6 is 0 Å². The quantitative estimate of drug-likeness (QED) is 0.747. The van der Waals surface area contributed by atoms with E-state index in [0.29, 0.717) is 39.3 Å². The van der Waals surface area contributed by atoms with Gasteiger partial charge in [-0.3, -0.25) is 19.3 Å². The first kappa shape index (κ1) is 18.9. The maximum Gasteiger partial charge on any atom is 0.254 e. The number of nitrogens with one attached hydrogen (secondary N) is 2. The average molecular weight is 350 g/mol. The maximum absolute atomic E-state index is 13.5. The van der Waals surface area contributed by atoms with Crippen LogP contribution in [0.4, 0.5) is 4.39 Å². The van der Waals surface area contributed by atoms with Gasteiger partial charge < -0.3 is 15.5 Å². The van der Waals surface area contributed by atoms with Crippen molar-refractivity contribution in [3.8, 4) is 0 Å². The minimum atomic E-state index is -0.619. The molecule has 8 heteroatoms. The smallest absolute Gasteiger partial charge is 0.254 e. The Morgan fingerprint density at radius 2 is 1.76 bits per heavy atom. The number of carbonyl (C=O) groups is 3. The van der Waals surface area contributed by atoms with Gasteiger partial charge in [-0.05, 0) is 19.1 Å². The zero-order valence-corrected chi connectivity index (χ0v) is 14.3. The van der Waals surface area contributed by atoms with E-state index in [-0.39, 0.29) is 23.9 Å². The third-order valence-electron chi connectivity index (χ3n) is 3.98.